The third-order valence-corrected chi connectivity index (χ3v) is 6.28. The standard InChI is InChI=1S/C17H25ClN4O4S/c18-14-4-6-15(7-5-14)21-10-12-22(13-11-21)26-27(25)20-17(16(23)19-24)8-2-1-3-9-17/h4-7,20,24H,1-3,8-13H2,(H,19,23). The summed E-state index contributed by atoms with van der Waals surface area (Å²) in [4.78, 5) is 14.3. The Bertz CT molecular complexity index is 661. The summed E-state index contributed by atoms with van der Waals surface area (Å²) in [5.74, 6) is -0.563. The molecule has 1 aliphatic heterocycles. The van der Waals surface area contributed by atoms with E-state index in [1.807, 2.05) is 24.3 Å². The third kappa shape index (κ3) is 5.18. The molecule has 1 aliphatic carbocycles. The van der Waals surface area contributed by atoms with Gasteiger partial charge in [-0.2, -0.15) is 14.1 Å². The lowest BCUT2D eigenvalue weighted by molar-refractivity contribution is -0.137. The number of amides is 1. The number of hydroxylamine groups is 3. The second kappa shape index (κ2) is 9.31. The van der Waals surface area contributed by atoms with Gasteiger partial charge < -0.3 is 4.90 Å². The molecule has 1 unspecified atom stereocenters. The van der Waals surface area contributed by atoms with Crippen LogP contribution < -0.4 is 15.1 Å². The maximum absolute atomic E-state index is 12.4. The molecule has 10 heteroatoms. The zero-order valence-electron chi connectivity index (χ0n) is 15.0. The first-order valence-electron chi connectivity index (χ1n) is 9.10. The summed E-state index contributed by atoms with van der Waals surface area (Å²) in [5.41, 5.74) is 1.72. The van der Waals surface area contributed by atoms with Crippen molar-refractivity contribution in [2.24, 2.45) is 0 Å². The van der Waals surface area contributed by atoms with Crippen LogP contribution in [0, 0.1) is 0 Å². The van der Waals surface area contributed by atoms with Gasteiger partial charge in [0.2, 0.25) is 0 Å². The highest BCUT2D eigenvalue weighted by Gasteiger charge is 2.41. The highest BCUT2D eigenvalue weighted by Crippen LogP contribution is 2.29. The minimum absolute atomic E-state index is 0.513. The molecule has 27 heavy (non-hydrogen) atoms. The van der Waals surface area contributed by atoms with Gasteiger partial charge in [0.05, 0.1) is 0 Å². The number of piperazine rings is 1. The number of anilines is 1. The van der Waals surface area contributed by atoms with Crippen LogP contribution in [-0.2, 0) is 20.3 Å². The number of carbonyl (C=O) groups excluding carboxylic acids is 1. The number of nitrogens with zero attached hydrogens (tertiary/aromatic N) is 2. The van der Waals surface area contributed by atoms with Crippen molar-refractivity contribution >= 4 is 34.5 Å². The van der Waals surface area contributed by atoms with Crippen LogP contribution in [0.3, 0.4) is 0 Å². The average Bonchev–Trinajstić information content (AvgIpc) is 2.69. The second-order valence-electron chi connectivity index (χ2n) is 6.89. The first-order chi connectivity index (χ1) is 13.0. The molecule has 1 saturated carbocycles. The molecule has 1 heterocycles. The lowest BCUT2D eigenvalue weighted by Crippen LogP contribution is -2.59. The SMILES string of the molecule is O=C(NO)C1(NS(=O)ON2CCN(c3ccc(Cl)cc3)CC2)CCCCC1. The molecule has 0 radical (unpaired) electrons. The van der Waals surface area contributed by atoms with Crippen molar-refractivity contribution in [1.82, 2.24) is 15.3 Å². The molecule has 2 fully saturated rings. The van der Waals surface area contributed by atoms with Crippen molar-refractivity contribution < 1.29 is 18.5 Å². The highest BCUT2D eigenvalue weighted by atomic mass is 35.5. The largest absolute Gasteiger partial charge is 0.369 e. The smallest absolute Gasteiger partial charge is 0.264 e. The van der Waals surface area contributed by atoms with Crippen molar-refractivity contribution in [2.75, 3.05) is 31.1 Å². The molecule has 1 aromatic rings. The fourth-order valence-electron chi connectivity index (χ4n) is 3.58. The molecule has 1 saturated heterocycles. The van der Waals surface area contributed by atoms with Crippen molar-refractivity contribution in [3.05, 3.63) is 29.3 Å². The summed E-state index contributed by atoms with van der Waals surface area (Å²) in [5, 5.41) is 11.4. The molecular formula is C17H25ClN4O4S. The Kier molecular flexibility index (Phi) is 7.07. The Hall–Kier alpha value is -1.23. The Morgan fingerprint density at radius 2 is 1.74 bits per heavy atom. The Morgan fingerprint density at radius 3 is 2.33 bits per heavy atom. The molecule has 0 bridgehead atoms. The van der Waals surface area contributed by atoms with E-state index >= 15 is 0 Å². The monoisotopic (exact) mass is 416 g/mol. The number of hydrogen-bond acceptors (Lipinski definition) is 6. The molecule has 150 valence electrons. The maximum atomic E-state index is 12.4. The van der Waals surface area contributed by atoms with E-state index in [0.29, 0.717) is 31.0 Å². The Morgan fingerprint density at radius 1 is 1.11 bits per heavy atom. The average molecular weight is 417 g/mol. The zero-order chi connectivity index (χ0) is 19.3. The van der Waals surface area contributed by atoms with E-state index in [-0.39, 0.29) is 0 Å². The number of benzene rings is 1. The molecule has 8 nitrogen and oxygen atoms in total. The van der Waals surface area contributed by atoms with Crippen LogP contribution in [0.25, 0.3) is 0 Å². The lowest BCUT2D eigenvalue weighted by atomic mass is 9.82. The van der Waals surface area contributed by atoms with Gasteiger partial charge in [0.1, 0.15) is 5.54 Å². The fourth-order valence-corrected chi connectivity index (χ4v) is 4.70. The minimum Gasteiger partial charge on any atom is -0.369 e. The summed E-state index contributed by atoms with van der Waals surface area (Å²) in [6.45, 7) is 2.60. The first-order valence-corrected chi connectivity index (χ1v) is 10.6. The summed E-state index contributed by atoms with van der Waals surface area (Å²) in [7, 11) is 0. The van der Waals surface area contributed by atoms with Crippen molar-refractivity contribution in [1.29, 1.82) is 0 Å². The van der Waals surface area contributed by atoms with Crippen LogP contribution in [0.15, 0.2) is 24.3 Å². The number of rotatable bonds is 6. The van der Waals surface area contributed by atoms with Crippen molar-refractivity contribution in [3.8, 4) is 0 Å². The molecule has 0 spiro atoms. The quantitative estimate of drug-likeness (QED) is 0.483. The van der Waals surface area contributed by atoms with Gasteiger partial charge in [0.25, 0.3) is 17.2 Å². The lowest BCUT2D eigenvalue weighted by Gasteiger charge is -2.37. The summed E-state index contributed by atoms with van der Waals surface area (Å²) in [6, 6.07) is 7.65. The van der Waals surface area contributed by atoms with E-state index in [4.69, 9.17) is 21.1 Å². The van der Waals surface area contributed by atoms with Gasteiger partial charge in [-0.05, 0) is 37.1 Å². The predicted molar refractivity (Wildman–Crippen MR) is 103 cm³/mol. The molecule has 1 amide bonds. The molecule has 0 aromatic heterocycles. The van der Waals surface area contributed by atoms with Gasteiger partial charge in [0, 0.05) is 36.9 Å². The van der Waals surface area contributed by atoms with Gasteiger partial charge in [-0.1, -0.05) is 30.9 Å². The molecule has 1 atom stereocenters. The van der Waals surface area contributed by atoms with E-state index in [0.717, 1.165) is 38.0 Å². The number of halogens is 1. The molecule has 3 N–H and O–H groups in total. The van der Waals surface area contributed by atoms with E-state index in [2.05, 4.69) is 9.62 Å². The van der Waals surface area contributed by atoms with Gasteiger partial charge in [-0.3, -0.25) is 10.0 Å². The third-order valence-electron chi connectivity index (χ3n) is 5.13. The highest BCUT2D eigenvalue weighted by molar-refractivity contribution is 7.78. The number of nitrogens with one attached hydrogen (secondary N) is 2. The summed E-state index contributed by atoms with van der Waals surface area (Å²) in [6.07, 6.45) is 3.70. The van der Waals surface area contributed by atoms with Crippen LogP contribution in [0.4, 0.5) is 5.69 Å². The van der Waals surface area contributed by atoms with E-state index in [1.165, 1.54) is 0 Å². The molecular weight excluding hydrogens is 392 g/mol. The number of hydrogen-bond donors (Lipinski definition) is 3. The predicted octanol–water partition coefficient (Wildman–Crippen LogP) is 1.77. The first kappa shape index (κ1) is 20.5. The summed E-state index contributed by atoms with van der Waals surface area (Å²) < 4.78 is 20.7. The normalized spacial score (nSPS) is 21.6. The summed E-state index contributed by atoms with van der Waals surface area (Å²) >= 11 is 4.06. The van der Waals surface area contributed by atoms with E-state index < -0.39 is 22.7 Å². The van der Waals surface area contributed by atoms with E-state index in [1.54, 1.807) is 10.5 Å². The number of carbonyl (C=O) groups is 1. The van der Waals surface area contributed by atoms with Gasteiger partial charge in [-0.15, -0.1) is 0 Å². The Labute approximate surface area is 166 Å². The van der Waals surface area contributed by atoms with Crippen molar-refractivity contribution in [2.45, 2.75) is 37.6 Å². The van der Waals surface area contributed by atoms with Crippen LogP contribution in [-0.4, -0.2) is 52.1 Å². The molecule has 2 aliphatic rings. The molecule has 3 rings (SSSR count). The van der Waals surface area contributed by atoms with Crippen LogP contribution in [0.5, 0.6) is 0 Å². The van der Waals surface area contributed by atoms with Crippen molar-refractivity contribution in [3.63, 3.8) is 0 Å². The van der Waals surface area contributed by atoms with Crippen LogP contribution >= 0.6 is 11.6 Å². The van der Waals surface area contributed by atoms with E-state index in [9.17, 15) is 9.00 Å². The van der Waals surface area contributed by atoms with Gasteiger partial charge >= 0.3 is 0 Å². The van der Waals surface area contributed by atoms with Crippen LogP contribution in [0.1, 0.15) is 32.1 Å². The van der Waals surface area contributed by atoms with Gasteiger partial charge in [0.15, 0.2) is 0 Å². The zero-order valence-corrected chi connectivity index (χ0v) is 16.6. The van der Waals surface area contributed by atoms with Crippen LogP contribution in [0.2, 0.25) is 5.02 Å². The Balaban J connectivity index is 1.51. The second-order valence-corrected chi connectivity index (χ2v) is 8.15. The maximum Gasteiger partial charge on any atom is 0.264 e. The molecule has 1 aromatic carbocycles. The minimum atomic E-state index is -1.87. The fraction of sp³-hybridized carbons (Fsp3) is 0.588. The van der Waals surface area contributed by atoms with Gasteiger partial charge in [-0.25, -0.2) is 9.69 Å². The topological polar surface area (TPSA) is 94.1 Å².